The average molecular weight is 373 g/mol. The van der Waals surface area contributed by atoms with Crippen LogP contribution < -0.4 is 0 Å². The summed E-state index contributed by atoms with van der Waals surface area (Å²) in [6, 6.07) is 4.55. The van der Waals surface area contributed by atoms with Crippen LogP contribution in [0, 0.1) is 12.8 Å². The van der Waals surface area contributed by atoms with Crippen LogP contribution in [0.25, 0.3) is 5.57 Å². The molecule has 144 valence electrons. The third-order valence-electron chi connectivity index (χ3n) is 5.50. The molecule has 2 atom stereocenters. The van der Waals surface area contributed by atoms with E-state index in [2.05, 4.69) is 65.4 Å². The fourth-order valence-electron chi connectivity index (χ4n) is 4.41. The predicted octanol–water partition coefficient (Wildman–Crippen LogP) is 6.79. The molecule has 1 aromatic rings. The third kappa shape index (κ3) is 5.03. The summed E-state index contributed by atoms with van der Waals surface area (Å²) in [6.45, 7) is 13.3. The Kier molecular flexibility index (Phi) is 8.01. The van der Waals surface area contributed by atoms with Gasteiger partial charge in [-0.1, -0.05) is 51.0 Å². The van der Waals surface area contributed by atoms with Gasteiger partial charge in [0.1, 0.15) is 0 Å². The van der Waals surface area contributed by atoms with Crippen molar-refractivity contribution >= 4 is 23.1 Å². The van der Waals surface area contributed by atoms with Crippen molar-refractivity contribution in [1.29, 1.82) is 0 Å². The summed E-state index contributed by atoms with van der Waals surface area (Å²) in [7, 11) is 0. The monoisotopic (exact) mass is 372 g/mol. The van der Waals surface area contributed by atoms with Gasteiger partial charge in [-0.05, 0) is 74.3 Å². The van der Waals surface area contributed by atoms with Crippen molar-refractivity contribution in [3.05, 3.63) is 40.0 Å². The molecule has 2 heteroatoms. The number of carbonyl (C=O) groups excluding carboxylic acids is 1. The minimum atomic E-state index is 0.375. The second-order valence-electron chi connectivity index (χ2n) is 7.94. The van der Waals surface area contributed by atoms with E-state index in [1.54, 1.807) is 0 Å². The molecule has 1 aliphatic rings. The minimum Gasteiger partial charge on any atom is -0.294 e. The predicted molar refractivity (Wildman–Crippen MR) is 117 cm³/mol. The first-order chi connectivity index (χ1) is 12.4. The molecule has 0 N–H and O–H groups in total. The highest BCUT2D eigenvalue weighted by Gasteiger charge is 2.29. The van der Waals surface area contributed by atoms with E-state index in [1.807, 2.05) is 0 Å². The molecule has 0 radical (unpaired) electrons. The second-order valence-corrected chi connectivity index (χ2v) is 9.48. The summed E-state index contributed by atoms with van der Waals surface area (Å²) in [5.41, 5.74) is 7.61. The molecule has 0 spiro atoms. The van der Waals surface area contributed by atoms with Gasteiger partial charge in [-0.2, -0.15) is 11.8 Å². The number of carbonyl (C=O) groups is 1. The highest BCUT2D eigenvalue weighted by Crippen LogP contribution is 2.39. The zero-order valence-electron chi connectivity index (χ0n) is 17.6. The van der Waals surface area contributed by atoms with Crippen LogP contribution in [0.5, 0.6) is 0 Å². The largest absolute Gasteiger partial charge is 0.294 e. The van der Waals surface area contributed by atoms with Gasteiger partial charge in [0.25, 0.3) is 0 Å². The molecular weight excluding hydrogens is 336 g/mol. The Hall–Kier alpha value is -1.02. The van der Waals surface area contributed by atoms with Crippen LogP contribution >= 0.6 is 11.8 Å². The summed E-state index contributed by atoms with van der Waals surface area (Å²) in [5.74, 6) is 2.12. The average Bonchev–Trinajstić information content (AvgIpc) is 2.59. The van der Waals surface area contributed by atoms with Gasteiger partial charge < -0.3 is 0 Å². The van der Waals surface area contributed by atoms with Gasteiger partial charge in [0.15, 0.2) is 5.78 Å². The van der Waals surface area contributed by atoms with Gasteiger partial charge in [-0.3, -0.25) is 4.79 Å². The molecule has 2 rings (SSSR count). The van der Waals surface area contributed by atoms with Gasteiger partial charge >= 0.3 is 0 Å². The zero-order chi connectivity index (χ0) is 19.3. The van der Waals surface area contributed by atoms with Crippen LogP contribution in [-0.2, 0) is 17.6 Å². The molecule has 1 aliphatic carbocycles. The first-order valence-corrected chi connectivity index (χ1v) is 11.4. The molecule has 26 heavy (non-hydrogen) atoms. The topological polar surface area (TPSA) is 17.1 Å². The van der Waals surface area contributed by atoms with Crippen molar-refractivity contribution in [2.24, 2.45) is 5.92 Å². The number of thioether (sulfide) groups is 1. The van der Waals surface area contributed by atoms with Crippen molar-refractivity contribution in [3.63, 3.8) is 0 Å². The van der Waals surface area contributed by atoms with Crippen LogP contribution in [0.15, 0.2) is 17.7 Å². The van der Waals surface area contributed by atoms with Crippen LogP contribution in [-0.4, -0.2) is 16.8 Å². The first kappa shape index (κ1) is 21.3. The first-order valence-electron chi connectivity index (χ1n) is 10.4. The van der Waals surface area contributed by atoms with E-state index in [0.29, 0.717) is 17.0 Å². The lowest BCUT2D eigenvalue weighted by Gasteiger charge is -2.29. The maximum absolute atomic E-state index is 13.2. The van der Waals surface area contributed by atoms with Crippen molar-refractivity contribution in [1.82, 2.24) is 0 Å². The van der Waals surface area contributed by atoms with Crippen molar-refractivity contribution in [2.75, 3.05) is 5.75 Å². The highest BCUT2D eigenvalue weighted by atomic mass is 32.2. The van der Waals surface area contributed by atoms with Crippen molar-refractivity contribution < 1.29 is 4.79 Å². The van der Waals surface area contributed by atoms with Crippen LogP contribution in [0.2, 0.25) is 0 Å². The third-order valence-corrected chi connectivity index (χ3v) is 6.91. The second kappa shape index (κ2) is 9.78. The standard InChI is InChI=1S/C24H36OS/c1-7-10-26-18(6)14-19-13-17(5)23(22(25)15-19)24-20(8-2)11-16(4)12-21(24)9-3/h11-12,18-19H,7-10,13-15H2,1-6H3. The molecule has 0 amide bonds. The molecule has 0 bridgehead atoms. The highest BCUT2D eigenvalue weighted by molar-refractivity contribution is 7.99. The zero-order valence-corrected chi connectivity index (χ0v) is 18.4. The number of benzene rings is 1. The summed E-state index contributed by atoms with van der Waals surface area (Å²) in [5, 5.41) is 0.652. The van der Waals surface area contributed by atoms with E-state index >= 15 is 0 Å². The number of allylic oxidation sites excluding steroid dienone is 2. The van der Waals surface area contributed by atoms with Crippen LogP contribution in [0.4, 0.5) is 0 Å². The minimum absolute atomic E-state index is 0.375. The Bertz CT molecular complexity index is 646. The van der Waals surface area contributed by atoms with Gasteiger partial charge in [0.05, 0.1) is 0 Å². The van der Waals surface area contributed by atoms with Crippen LogP contribution in [0.3, 0.4) is 0 Å². The Morgan fingerprint density at radius 1 is 1.08 bits per heavy atom. The fourth-order valence-corrected chi connectivity index (χ4v) is 5.45. The smallest absolute Gasteiger partial charge is 0.163 e. The Morgan fingerprint density at radius 3 is 2.19 bits per heavy atom. The number of aryl methyl sites for hydroxylation is 3. The number of Topliss-reactive ketones (excluding diaryl/α,β-unsaturated/α-hetero) is 1. The SMILES string of the molecule is CCCSC(C)CC1CC(=O)C(c2c(CC)cc(C)cc2CC)=C(C)C1. The summed E-state index contributed by atoms with van der Waals surface area (Å²) in [6.07, 6.45) is 6.18. The van der Waals surface area contributed by atoms with Gasteiger partial charge in [-0.15, -0.1) is 0 Å². The lowest BCUT2D eigenvalue weighted by molar-refractivity contribution is -0.115. The molecule has 1 nitrogen and oxygen atoms in total. The number of rotatable bonds is 8. The molecule has 0 aromatic heterocycles. The lowest BCUT2D eigenvalue weighted by atomic mass is 9.76. The molecule has 1 aromatic carbocycles. The number of hydrogen-bond acceptors (Lipinski definition) is 2. The Balaban J connectivity index is 2.31. The molecular formula is C24H36OS. The van der Waals surface area contributed by atoms with E-state index in [9.17, 15) is 4.79 Å². The number of hydrogen-bond donors (Lipinski definition) is 0. The van der Waals surface area contributed by atoms with Gasteiger partial charge in [-0.25, -0.2) is 0 Å². The Morgan fingerprint density at radius 2 is 1.69 bits per heavy atom. The van der Waals surface area contributed by atoms with Gasteiger partial charge in [0, 0.05) is 17.2 Å². The maximum atomic E-state index is 13.2. The maximum Gasteiger partial charge on any atom is 0.163 e. The molecule has 0 saturated carbocycles. The summed E-state index contributed by atoms with van der Waals surface area (Å²) in [4.78, 5) is 13.2. The molecule has 2 unspecified atom stereocenters. The molecule has 0 saturated heterocycles. The van der Waals surface area contributed by atoms with E-state index in [0.717, 1.165) is 37.7 Å². The molecule has 0 aliphatic heterocycles. The van der Waals surface area contributed by atoms with Crippen molar-refractivity contribution in [3.8, 4) is 0 Å². The van der Waals surface area contributed by atoms with E-state index < -0.39 is 0 Å². The fraction of sp³-hybridized carbons (Fsp3) is 0.625. The van der Waals surface area contributed by atoms with Crippen LogP contribution in [0.1, 0.15) is 82.6 Å². The lowest BCUT2D eigenvalue weighted by Crippen LogP contribution is -2.22. The normalized spacial score (nSPS) is 19.2. The molecule has 0 heterocycles. The summed E-state index contributed by atoms with van der Waals surface area (Å²) >= 11 is 2.06. The Labute approximate surface area is 165 Å². The molecule has 0 fully saturated rings. The van der Waals surface area contributed by atoms with Crippen molar-refractivity contribution in [2.45, 2.75) is 85.3 Å². The van der Waals surface area contributed by atoms with E-state index in [4.69, 9.17) is 0 Å². The van der Waals surface area contributed by atoms with E-state index in [-0.39, 0.29) is 0 Å². The quantitative estimate of drug-likeness (QED) is 0.499. The van der Waals surface area contributed by atoms with Gasteiger partial charge in [0.2, 0.25) is 0 Å². The number of ketones is 1. The summed E-state index contributed by atoms with van der Waals surface area (Å²) < 4.78 is 0. The van der Waals surface area contributed by atoms with E-state index in [1.165, 1.54) is 40.0 Å².